The lowest BCUT2D eigenvalue weighted by molar-refractivity contribution is -0.137. The van der Waals surface area contributed by atoms with Crippen LogP contribution in [0.25, 0.3) is 0 Å². The molecular formula is C13H19N3O3. The van der Waals surface area contributed by atoms with Crippen molar-refractivity contribution >= 4 is 11.9 Å². The minimum atomic E-state index is -0.768. The summed E-state index contributed by atoms with van der Waals surface area (Å²) in [5, 5.41) is 12.7. The molecule has 1 N–H and O–H groups in total. The van der Waals surface area contributed by atoms with E-state index in [1.807, 2.05) is 4.90 Å². The lowest BCUT2D eigenvalue weighted by atomic mass is 9.93. The van der Waals surface area contributed by atoms with Crippen molar-refractivity contribution in [1.82, 2.24) is 14.7 Å². The van der Waals surface area contributed by atoms with Gasteiger partial charge in [-0.2, -0.15) is 5.10 Å². The Morgan fingerprint density at radius 2 is 2.32 bits per heavy atom. The van der Waals surface area contributed by atoms with E-state index < -0.39 is 5.97 Å². The van der Waals surface area contributed by atoms with Crippen LogP contribution in [0.3, 0.4) is 0 Å². The van der Waals surface area contributed by atoms with E-state index in [1.54, 1.807) is 24.0 Å². The quantitative estimate of drug-likeness (QED) is 0.885. The van der Waals surface area contributed by atoms with Crippen LogP contribution in [0, 0.1) is 5.92 Å². The summed E-state index contributed by atoms with van der Waals surface area (Å²) in [6.07, 6.45) is 4.37. The molecule has 1 fully saturated rings. The average molecular weight is 265 g/mol. The zero-order valence-corrected chi connectivity index (χ0v) is 11.1. The summed E-state index contributed by atoms with van der Waals surface area (Å²) in [6.45, 7) is 1.39. The van der Waals surface area contributed by atoms with Crippen LogP contribution in [0.4, 0.5) is 0 Å². The number of carboxylic acids is 1. The number of carbonyl (C=O) groups is 2. The summed E-state index contributed by atoms with van der Waals surface area (Å²) < 4.78 is 1.57. The Morgan fingerprint density at radius 3 is 2.95 bits per heavy atom. The number of carbonyl (C=O) groups excluding carboxylic acids is 1. The maximum absolute atomic E-state index is 12.3. The second-order valence-electron chi connectivity index (χ2n) is 5.03. The molecule has 2 heterocycles. The molecule has 2 rings (SSSR count). The van der Waals surface area contributed by atoms with Crippen molar-refractivity contribution in [2.24, 2.45) is 13.0 Å². The molecule has 104 valence electrons. The number of rotatable bonds is 4. The van der Waals surface area contributed by atoms with E-state index in [-0.39, 0.29) is 12.3 Å². The molecule has 0 bridgehead atoms. The van der Waals surface area contributed by atoms with E-state index in [0.29, 0.717) is 24.6 Å². The number of hydrogen-bond donors (Lipinski definition) is 1. The molecule has 1 atom stereocenters. The summed E-state index contributed by atoms with van der Waals surface area (Å²) in [7, 11) is 1.75. The van der Waals surface area contributed by atoms with Gasteiger partial charge in [0.2, 0.25) is 0 Å². The third-order valence-corrected chi connectivity index (χ3v) is 3.61. The first-order chi connectivity index (χ1) is 9.08. The average Bonchev–Trinajstić information content (AvgIpc) is 2.82. The number of likely N-dealkylation sites (tertiary alicyclic amines) is 1. The second kappa shape index (κ2) is 5.86. The Morgan fingerprint density at radius 1 is 1.53 bits per heavy atom. The number of nitrogens with zero attached hydrogens (tertiary/aromatic N) is 3. The van der Waals surface area contributed by atoms with Gasteiger partial charge in [0.25, 0.3) is 5.91 Å². The molecule has 0 aliphatic carbocycles. The zero-order valence-electron chi connectivity index (χ0n) is 11.1. The lowest BCUT2D eigenvalue weighted by Crippen LogP contribution is -2.40. The van der Waals surface area contributed by atoms with E-state index in [4.69, 9.17) is 5.11 Å². The molecule has 1 amide bonds. The Kier molecular flexibility index (Phi) is 4.19. The van der Waals surface area contributed by atoms with Gasteiger partial charge >= 0.3 is 5.97 Å². The molecule has 0 saturated carbocycles. The number of piperidine rings is 1. The van der Waals surface area contributed by atoms with Gasteiger partial charge in [-0.25, -0.2) is 0 Å². The van der Waals surface area contributed by atoms with Gasteiger partial charge in [0.15, 0.2) is 0 Å². The van der Waals surface area contributed by atoms with Crippen molar-refractivity contribution in [2.45, 2.75) is 25.7 Å². The van der Waals surface area contributed by atoms with E-state index in [9.17, 15) is 9.59 Å². The highest BCUT2D eigenvalue weighted by Gasteiger charge is 2.26. The first kappa shape index (κ1) is 13.6. The highest BCUT2D eigenvalue weighted by atomic mass is 16.4. The van der Waals surface area contributed by atoms with Gasteiger partial charge in [0.05, 0.1) is 0 Å². The van der Waals surface area contributed by atoms with E-state index in [2.05, 4.69) is 5.10 Å². The monoisotopic (exact) mass is 265 g/mol. The number of amides is 1. The standard InChI is InChI=1S/C13H19N3O3/c1-15-11(6-7-14-15)13(19)16-8-2-3-10(9-16)4-5-12(17)18/h6-7,10H,2-5,8-9H2,1H3,(H,17,18)/t10-/m1/s1. The summed E-state index contributed by atoms with van der Waals surface area (Å²) in [5.74, 6) is -0.489. The number of aliphatic carboxylic acids is 1. The van der Waals surface area contributed by atoms with Crippen LogP contribution < -0.4 is 0 Å². The molecule has 6 nitrogen and oxygen atoms in total. The van der Waals surface area contributed by atoms with Crippen LogP contribution in [0.5, 0.6) is 0 Å². The number of carboxylic acid groups (broad SMARTS) is 1. The second-order valence-corrected chi connectivity index (χ2v) is 5.03. The van der Waals surface area contributed by atoms with Gasteiger partial charge in [-0.3, -0.25) is 14.3 Å². The zero-order chi connectivity index (χ0) is 13.8. The molecule has 1 aromatic heterocycles. The van der Waals surface area contributed by atoms with Crippen molar-refractivity contribution in [3.63, 3.8) is 0 Å². The topological polar surface area (TPSA) is 75.4 Å². The predicted molar refractivity (Wildman–Crippen MR) is 68.7 cm³/mol. The van der Waals surface area contributed by atoms with Crippen molar-refractivity contribution in [2.75, 3.05) is 13.1 Å². The van der Waals surface area contributed by atoms with Gasteiger partial charge in [-0.1, -0.05) is 0 Å². The van der Waals surface area contributed by atoms with E-state index in [0.717, 1.165) is 19.4 Å². The van der Waals surface area contributed by atoms with Crippen LogP contribution in [-0.4, -0.2) is 44.8 Å². The maximum Gasteiger partial charge on any atom is 0.303 e. The van der Waals surface area contributed by atoms with Crippen molar-refractivity contribution in [1.29, 1.82) is 0 Å². The van der Waals surface area contributed by atoms with Crippen LogP contribution in [0.2, 0.25) is 0 Å². The highest BCUT2D eigenvalue weighted by Crippen LogP contribution is 2.22. The van der Waals surface area contributed by atoms with Crippen LogP contribution in [0.1, 0.15) is 36.2 Å². The third-order valence-electron chi connectivity index (χ3n) is 3.61. The summed E-state index contributed by atoms with van der Waals surface area (Å²) in [4.78, 5) is 24.7. The van der Waals surface area contributed by atoms with Gasteiger partial charge in [0.1, 0.15) is 5.69 Å². The van der Waals surface area contributed by atoms with Gasteiger partial charge in [0, 0.05) is 32.8 Å². The minimum Gasteiger partial charge on any atom is -0.481 e. The molecule has 1 saturated heterocycles. The Hall–Kier alpha value is -1.85. The van der Waals surface area contributed by atoms with Crippen LogP contribution in [0.15, 0.2) is 12.3 Å². The largest absolute Gasteiger partial charge is 0.481 e. The summed E-state index contributed by atoms with van der Waals surface area (Å²) in [5.41, 5.74) is 0.582. The van der Waals surface area contributed by atoms with Crippen molar-refractivity contribution in [3.05, 3.63) is 18.0 Å². The fourth-order valence-electron chi connectivity index (χ4n) is 2.56. The Bertz CT molecular complexity index is 469. The molecular weight excluding hydrogens is 246 g/mol. The summed E-state index contributed by atoms with van der Waals surface area (Å²) in [6, 6.07) is 1.71. The van der Waals surface area contributed by atoms with Crippen LogP contribution in [-0.2, 0) is 11.8 Å². The molecule has 1 aliphatic heterocycles. The fourth-order valence-corrected chi connectivity index (χ4v) is 2.56. The lowest BCUT2D eigenvalue weighted by Gasteiger charge is -2.32. The SMILES string of the molecule is Cn1nccc1C(=O)N1CCC[C@H](CCC(=O)O)C1. The number of hydrogen-bond acceptors (Lipinski definition) is 3. The smallest absolute Gasteiger partial charge is 0.303 e. The van der Waals surface area contributed by atoms with Gasteiger partial charge < -0.3 is 10.0 Å². The molecule has 0 spiro atoms. The maximum atomic E-state index is 12.3. The predicted octanol–water partition coefficient (Wildman–Crippen LogP) is 1.14. The molecule has 0 radical (unpaired) electrons. The molecule has 19 heavy (non-hydrogen) atoms. The third kappa shape index (κ3) is 3.33. The normalized spacial score (nSPS) is 19.4. The molecule has 0 unspecified atom stereocenters. The molecule has 6 heteroatoms. The van der Waals surface area contributed by atoms with Gasteiger partial charge in [-0.05, 0) is 31.2 Å². The van der Waals surface area contributed by atoms with Crippen molar-refractivity contribution < 1.29 is 14.7 Å². The molecule has 1 aliphatic rings. The first-order valence-corrected chi connectivity index (χ1v) is 6.57. The number of aryl methyl sites for hydroxylation is 1. The highest BCUT2D eigenvalue weighted by molar-refractivity contribution is 5.92. The van der Waals surface area contributed by atoms with Gasteiger partial charge in [-0.15, -0.1) is 0 Å². The Labute approximate surface area is 112 Å². The first-order valence-electron chi connectivity index (χ1n) is 6.57. The number of aromatic nitrogens is 2. The van der Waals surface area contributed by atoms with E-state index in [1.165, 1.54) is 0 Å². The molecule has 0 aromatic carbocycles. The Balaban J connectivity index is 1.95. The fraction of sp³-hybridized carbons (Fsp3) is 0.615. The van der Waals surface area contributed by atoms with E-state index >= 15 is 0 Å². The van der Waals surface area contributed by atoms with Crippen molar-refractivity contribution in [3.8, 4) is 0 Å². The minimum absolute atomic E-state index is 0.0139. The van der Waals surface area contributed by atoms with Crippen LogP contribution >= 0.6 is 0 Å². The summed E-state index contributed by atoms with van der Waals surface area (Å²) >= 11 is 0. The molecule has 1 aromatic rings.